The topological polar surface area (TPSA) is 113 Å². The molecule has 224 valence electrons. The van der Waals surface area contributed by atoms with E-state index in [4.69, 9.17) is 11.6 Å². The third kappa shape index (κ3) is 4.74. The van der Waals surface area contributed by atoms with Crippen molar-refractivity contribution in [3.05, 3.63) is 57.4 Å². The molecule has 2 fully saturated rings. The maximum atomic E-state index is 14.2. The first kappa shape index (κ1) is 28.9. The smallest absolute Gasteiger partial charge is 0.398 e. The Hall–Kier alpha value is -3.18. The molecule has 0 spiro atoms. The Bertz CT molecular complexity index is 1520. The summed E-state index contributed by atoms with van der Waals surface area (Å²) in [4.78, 5) is 40.5. The van der Waals surface area contributed by atoms with Crippen LogP contribution in [0.3, 0.4) is 0 Å². The van der Waals surface area contributed by atoms with Crippen molar-refractivity contribution >= 4 is 35.0 Å². The zero-order valence-corrected chi connectivity index (χ0v) is 23.8. The average Bonchev–Trinajstić information content (AvgIpc) is 3.66. The van der Waals surface area contributed by atoms with E-state index >= 15 is 0 Å². The van der Waals surface area contributed by atoms with Crippen molar-refractivity contribution in [2.45, 2.75) is 75.5 Å². The molecule has 1 saturated heterocycles. The number of carbonyl (C=O) groups excluding carboxylic acids is 2. The number of hydrogen-bond acceptors (Lipinski definition) is 5. The Morgan fingerprint density at radius 3 is 2.36 bits per heavy atom. The van der Waals surface area contributed by atoms with Crippen LogP contribution in [-0.2, 0) is 27.8 Å². The number of nitrogens with zero attached hydrogens (tertiary/aromatic N) is 3. The maximum Gasteiger partial charge on any atom is 0.398 e. The van der Waals surface area contributed by atoms with Gasteiger partial charge < -0.3 is 15.1 Å². The number of likely N-dealkylation sites (tertiary alicyclic amines) is 1. The van der Waals surface area contributed by atoms with Crippen LogP contribution in [0.5, 0.6) is 0 Å². The quantitative estimate of drug-likeness (QED) is 0.507. The number of aliphatic hydroxyl groups is 1. The number of hydrogen-bond donors (Lipinski definition) is 2. The van der Waals surface area contributed by atoms with Gasteiger partial charge in [0, 0.05) is 17.9 Å². The van der Waals surface area contributed by atoms with Crippen molar-refractivity contribution < 1.29 is 37.8 Å². The zero-order chi connectivity index (χ0) is 30.2. The van der Waals surface area contributed by atoms with E-state index in [0.717, 1.165) is 15.8 Å². The van der Waals surface area contributed by atoms with Crippen LogP contribution in [0, 0.1) is 11.8 Å². The Labute approximate surface area is 245 Å². The van der Waals surface area contributed by atoms with E-state index in [1.165, 1.54) is 18.2 Å². The van der Waals surface area contributed by atoms with E-state index in [1.807, 2.05) is 6.08 Å². The lowest BCUT2D eigenvalue weighted by Gasteiger charge is -2.45. The summed E-state index contributed by atoms with van der Waals surface area (Å²) in [5.41, 5.74) is -1.02. The highest BCUT2D eigenvalue weighted by atomic mass is 35.5. The van der Waals surface area contributed by atoms with Gasteiger partial charge in [-0.15, -0.1) is 0 Å². The third-order valence-corrected chi connectivity index (χ3v) is 9.60. The molecule has 1 aromatic heterocycles. The second-order valence-electron chi connectivity index (χ2n) is 12.4. The highest BCUT2D eigenvalue weighted by Gasteiger charge is 2.65. The van der Waals surface area contributed by atoms with Crippen LogP contribution in [-0.4, -0.2) is 67.5 Å². The normalized spacial score (nSPS) is 24.3. The molecule has 4 aliphatic rings. The van der Waals surface area contributed by atoms with E-state index < -0.39 is 40.9 Å². The van der Waals surface area contributed by atoms with E-state index in [0.29, 0.717) is 43.5 Å². The SMILES string of the molecule is CC1(O)CN(C(=O)C2CCc3c(C4=CCC(C(=O)O)CC4)nn(C(=O)c4c(Cl)cccc4C4(C(F)(F)F)CC4)c3C2)C1. The van der Waals surface area contributed by atoms with Gasteiger partial charge in [-0.1, -0.05) is 29.8 Å². The van der Waals surface area contributed by atoms with E-state index in [9.17, 15) is 37.8 Å². The van der Waals surface area contributed by atoms with E-state index in [-0.39, 0.29) is 54.4 Å². The van der Waals surface area contributed by atoms with Crippen molar-refractivity contribution in [3.8, 4) is 0 Å². The number of carbonyl (C=O) groups is 3. The van der Waals surface area contributed by atoms with Gasteiger partial charge in [0.15, 0.2) is 0 Å². The Balaban J connectivity index is 1.42. The predicted molar refractivity (Wildman–Crippen MR) is 146 cm³/mol. The third-order valence-electron chi connectivity index (χ3n) is 9.29. The molecular formula is C30H31ClF3N3O5. The summed E-state index contributed by atoms with van der Waals surface area (Å²) in [5.74, 6) is -2.83. The molecule has 2 heterocycles. The number of alkyl halides is 3. The number of aromatic nitrogens is 2. The number of fused-ring (bicyclic) bond motifs is 1. The number of amides is 1. The average molecular weight is 606 g/mol. The minimum absolute atomic E-state index is 0.105. The molecule has 1 aromatic carbocycles. The summed E-state index contributed by atoms with van der Waals surface area (Å²) in [6.45, 7) is 2.06. The zero-order valence-electron chi connectivity index (χ0n) is 23.0. The fourth-order valence-corrected chi connectivity index (χ4v) is 7.04. The number of β-amino-alcohol motifs (C(OH)–C–C–N with tert-alkyl or cyclic N) is 1. The summed E-state index contributed by atoms with van der Waals surface area (Å²) in [7, 11) is 0. The number of carboxylic acids is 1. The van der Waals surface area contributed by atoms with Crippen LogP contribution in [0.15, 0.2) is 24.3 Å². The number of carboxylic acid groups (broad SMARTS) is 1. The first-order valence-electron chi connectivity index (χ1n) is 14.2. The lowest BCUT2D eigenvalue weighted by molar-refractivity contribution is -0.160. The molecule has 42 heavy (non-hydrogen) atoms. The van der Waals surface area contributed by atoms with E-state index in [1.54, 1.807) is 11.8 Å². The van der Waals surface area contributed by atoms with Crippen molar-refractivity contribution in [3.63, 3.8) is 0 Å². The first-order chi connectivity index (χ1) is 19.7. The van der Waals surface area contributed by atoms with Crippen LogP contribution in [0.2, 0.25) is 5.02 Å². The standard InChI is InChI=1S/C30H31ClF3N3O5/c1-28(42)14-36(15-28)25(38)18-9-10-19-22(13-18)37(35-24(19)16-5-7-17(8-6-16)27(40)41)26(39)23-20(3-2-4-21(23)31)29(11-12-29)30(32,33)34/h2-5,17-18,42H,6-15H2,1H3,(H,40,41). The number of rotatable bonds is 5. The molecule has 0 bridgehead atoms. The minimum atomic E-state index is -4.56. The molecule has 2 atom stereocenters. The molecule has 8 nitrogen and oxygen atoms in total. The fourth-order valence-electron chi connectivity index (χ4n) is 6.79. The van der Waals surface area contributed by atoms with Crippen LogP contribution < -0.4 is 0 Å². The van der Waals surface area contributed by atoms with Crippen molar-refractivity contribution in [2.75, 3.05) is 13.1 Å². The number of benzene rings is 1. The summed E-state index contributed by atoms with van der Waals surface area (Å²) < 4.78 is 43.7. The Morgan fingerprint density at radius 2 is 1.79 bits per heavy atom. The van der Waals surface area contributed by atoms with Gasteiger partial charge >= 0.3 is 12.1 Å². The van der Waals surface area contributed by atoms with Gasteiger partial charge in [-0.05, 0) is 69.1 Å². The molecule has 1 aliphatic heterocycles. The van der Waals surface area contributed by atoms with Crippen LogP contribution >= 0.6 is 11.6 Å². The van der Waals surface area contributed by atoms with Crippen LogP contribution in [0.4, 0.5) is 13.2 Å². The second-order valence-corrected chi connectivity index (χ2v) is 12.8. The number of allylic oxidation sites excluding steroid dienone is 2. The van der Waals surface area contributed by atoms with Gasteiger partial charge in [-0.25, -0.2) is 0 Å². The molecule has 2 aromatic rings. The van der Waals surface area contributed by atoms with Gasteiger partial charge in [-0.2, -0.15) is 23.0 Å². The Kier molecular flexibility index (Phi) is 6.84. The van der Waals surface area contributed by atoms with Crippen molar-refractivity contribution in [1.82, 2.24) is 14.7 Å². The molecule has 3 aliphatic carbocycles. The monoisotopic (exact) mass is 605 g/mol. The molecule has 1 saturated carbocycles. The van der Waals surface area contributed by atoms with Gasteiger partial charge in [-0.3, -0.25) is 14.4 Å². The van der Waals surface area contributed by atoms with Gasteiger partial charge in [0.1, 0.15) is 0 Å². The van der Waals surface area contributed by atoms with Gasteiger partial charge in [0.2, 0.25) is 5.91 Å². The lowest BCUT2D eigenvalue weighted by atomic mass is 9.81. The number of halogens is 4. The van der Waals surface area contributed by atoms with Crippen LogP contribution in [0.1, 0.15) is 78.3 Å². The maximum absolute atomic E-state index is 14.2. The molecule has 0 radical (unpaired) electrons. The van der Waals surface area contributed by atoms with Crippen LogP contribution in [0.25, 0.3) is 5.57 Å². The molecule has 6 rings (SSSR count). The minimum Gasteiger partial charge on any atom is -0.481 e. The lowest BCUT2D eigenvalue weighted by Crippen LogP contribution is -2.63. The molecule has 2 unspecified atom stereocenters. The van der Waals surface area contributed by atoms with Crippen molar-refractivity contribution in [2.24, 2.45) is 11.8 Å². The molecule has 12 heteroatoms. The van der Waals surface area contributed by atoms with Gasteiger partial charge in [0.25, 0.3) is 5.91 Å². The molecule has 1 amide bonds. The van der Waals surface area contributed by atoms with Gasteiger partial charge in [0.05, 0.1) is 52.0 Å². The first-order valence-corrected chi connectivity index (χ1v) is 14.5. The highest BCUT2D eigenvalue weighted by molar-refractivity contribution is 6.34. The highest BCUT2D eigenvalue weighted by Crippen LogP contribution is 2.60. The molecule has 2 N–H and O–H groups in total. The largest absolute Gasteiger partial charge is 0.481 e. The predicted octanol–water partition coefficient (Wildman–Crippen LogP) is 4.79. The number of aliphatic carboxylic acids is 1. The summed E-state index contributed by atoms with van der Waals surface area (Å²) in [6, 6.07) is 4.10. The molecular weight excluding hydrogens is 575 g/mol. The second kappa shape index (κ2) is 9.94. The summed E-state index contributed by atoms with van der Waals surface area (Å²) >= 11 is 6.44. The van der Waals surface area contributed by atoms with E-state index in [2.05, 4.69) is 5.10 Å². The Morgan fingerprint density at radius 1 is 1.10 bits per heavy atom. The summed E-state index contributed by atoms with van der Waals surface area (Å²) in [6.07, 6.45) is -0.866. The fraction of sp³-hybridized carbons (Fsp3) is 0.533. The summed E-state index contributed by atoms with van der Waals surface area (Å²) in [5, 5.41) is 24.1. The van der Waals surface area contributed by atoms with Crippen molar-refractivity contribution in [1.29, 1.82) is 0 Å².